The van der Waals surface area contributed by atoms with Crippen LogP contribution in [0.5, 0.6) is 0 Å². The van der Waals surface area contributed by atoms with Gasteiger partial charge >= 0.3 is 6.09 Å². The second-order valence-electron chi connectivity index (χ2n) is 9.82. The van der Waals surface area contributed by atoms with Crippen molar-refractivity contribution >= 4 is 17.9 Å². The number of nitrogens with one attached hydrogen (secondary N) is 2. The Morgan fingerprint density at radius 2 is 1.66 bits per heavy atom. The minimum absolute atomic E-state index is 0.258. The fourth-order valence-electron chi connectivity index (χ4n) is 3.03. The Balaban J connectivity index is 3.30. The van der Waals surface area contributed by atoms with Gasteiger partial charge in [-0.1, -0.05) is 25.0 Å². The predicted molar refractivity (Wildman–Crippen MR) is 126 cm³/mol. The third kappa shape index (κ3) is 8.62. The molecule has 32 heavy (non-hydrogen) atoms. The van der Waals surface area contributed by atoms with Gasteiger partial charge in [-0.05, 0) is 72.6 Å². The molecule has 0 spiro atoms. The highest BCUT2D eigenvalue weighted by Gasteiger charge is 2.35. The smallest absolute Gasteiger partial charge is 0.408 e. The zero-order valence-corrected chi connectivity index (χ0v) is 20.5. The van der Waals surface area contributed by atoms with Crippen LogP contribution in [0.1, 0.15) is 79.0 Å². The summed E-state index contributed by atoms with van der Waals surface area (Å²) in [5.74, 6) is 1.86. The maximum Gasteiger partial charge on any atom is 0.408 e. The molecule has 2 unspecified atom stereocenters. The molecule has 1 aromatic carbocycles. The van der Waals surface area contributed by atoms with E-state index in [0.717, 1.165) is 0 Å². The Kier molecular flexibility index (Phi) is 9.32. The SMILES string of the molecule is C#Cc1ccc(C(C(=O)NC(C)(C)C)N(C(=O)CNC(=O)OC(C)(C)C)C(C)CC)cc1. The van der Waals surface area contributed by atoms with E-state index in [2.05, 4.69) is 16.6 Å². The number of terminal acetylenes is 1. The molecular weight excluding hydrogens is 406 g/mol. The Morgan fingerprint density at radius 3 is 2.09 bits per heavy atom. The number of hydrogen-bond acceptors (Lipinski definition) is 4. The average molecular weight is 444 g/mol. The third-order valence-corrected chi connectivity index (χ3v) is 4.55. The van der Waals surface area contributed by atoms with Crippen LogP contribution in [0.3, 0.4) is 0 Å². The van der Waals surface area contributed by atoms with Crippen molar-refractivity contribution in [3.63, 3.8) is 0 Å². The van der Waals surface area contributed by atoms with Gasteiger partial charge in [0.05, 0.1) is 0 Å². The molecule has 7 nitrogen and oxygen atoms in total. The zero-order chi connectivity index (χ0) is 24.7. The van der Waals surface area contributed by atoms with Crippen molar-refractivity contribution in [2.75, 3.05) is 6.54 Å². The van der Waals surface area contributed by atoms with E-state index in [1.165, 1.54) is 4.90 Å². The maximum absolute atomic E-state index is 13.3. The zero-order valence-electron chi connectivity index (χ0n) is 20.5. The van der Waals surface area contributed by atoms with Gasteiger partial charge in [0, 0.05) is 17.1 Å². The van der Waals surface area contributed by atoms with Crippen LogP contribution in [0.25, 0.3) is 0 Å². The summed E-state index contributed by atoms with van der Waals surface area (Å²) in [4.78, 5) is 40.2. The van der Waals surface area contributed by atoms with Crippen molar-refractivity contribution in [3.05, 3.63) is 35.4 Å². The first-order valence-electron chi connectivity index (χ1n) is 10.8. The van der Waals surface area contributed by atoms with Gasteiger partial charge in [-0.2, -0.15) is 0 Å². The topological polar surface area (TPSA) is 87.7 Å². The van der Waals surface area contributed by atoms with Crippen LogP contribution in [-0.2, 0) is 14.3 Å². The first kappa shape index (κ1) is 27.0. The largest absolute Gasteiger partial charge is 0.444 e. The van der Waals surface area contributed by atoms with E-state index >= 15 is 0 Å². The lowest BCUT2D eigenvalue weighted by Gasteiger charge is -2.37. The molecule has 0 radical (unpaired) electrons. The van der Waals surface area contributed by atoms with Gasteiger partial charge in [0.1, 0.15) is 18.2 Å². The van der Waals surface area contributed by atoms with Gasteiger partial charge in [0.25, 0.3) is 0 Å². The van der Waals surface area contributed by atoms with E-state index in [1.807, 2.05) is 34.6 Å². The Bertz CT molecular complexity index is 842. The van der Waals surface area contributed by atoms with Gasteiger partial charge in [-0.3, -0.25) is 9.59 Å². The van der Waals surface area contributed by atoms with Gasteiger partial charge in [0.2, 0.25) is 11.8 Å². The summed E-state index contributed by atoms with van der Waals surface area (Å²) in [6.45, 7) is 14.4. The van der Waals surface area contributed by atoms with Crippen LogP contribution in [0.15, 0.2) is 24.3 Å². The Morgan fingerprint density at radius 1 is 1.09 bits per heavy atom. The summed E-state index contributed by atoms with van der Waals surface area (Å²) in [6, 6.07) is 5.85. The predicted octanol–water partition coefficient (Wildman–Crippen LogP) is 3.78. The number of alkyl carbamates (subject to hydrolysis) is 1. The molecule has 0 aliphatic carbocycles. The monoisotopic (exact) mass is 443 g/mol. The van der Waals surface area contributed by atoms with E-state index in [9.17, 15) is 14.4 Å². The number of carbonyl (C=O) groups is 3. The van der Waals surface area contributed by atoms with E-state index in [1.54, 1.807) is 45.0 Å². The summed E-state index contributed by atoms with van der Waals surface area (Å²) >= 11 is 0. The van der Waals surface area contributed by atoms with Gasteiger partial charge < -0.3 is 20.3 Å². The molecule has 0 saturated carbocycles. The minimum Gasteiger partial charge on any atom is -0.444 e. The van der Waals surface area contributed by atoms with Crippen molar-refractivity contribution in [1.29, 1.82) is 0 Å². The molecule has 3 amide bonds. The lowest BCUT2D eigenvalue weighted by molar-refractivity contribution is -0.143. The number of amides is 3. The van der Waals surface area contributed by atoms with Crippen LogP contribution >= 0.6 is 0 Å². The summed E-state index contributed by atoms with van der Waals surface area (Å²) in [5.41, 5.74) is 0.137. The summed E-state index contributed by atoms with van der Waals surface area (Å²) in [5, 5.41) is 5.47. The maximum atomic E-state index is 13.3. The van der Waals surface area contributed by atoms with Gasteiger partial charge in [0.15, 0.2) is 0 Å². The molecule has 0 aromatic heterocycles. The minimum atomic E-state index is -0.885. The van der Waals surface area contributed by atoms with Crippen molar-refractivity contribution in [1.82, 2.24) is 15.5 Å². The van der Waals surface area contributed by atoms with Crippen LogP contribution in [0, 0.1) is 12.3 Å². The standard InChI is InChI=1S/C25H37N3O4/c1-10-17(3)28(20(29)16-26-23(31)32-25(7,8)9)21(22(30)27-24(4,5)6)19-14-12-18(11-2)13-15-19/h2,12-15,17,21H,10,16H2,1,3-9H3,(H,26,31)(H,27,30). The molecule has 1 rings (SSSR count). The van der Waals surface area contributed by atoms with E-state index < -0.39 is 23.3 Å². The van der Waals surface area contributed by atoms with Crippen molar-refractivity contribution in [2.45, 2.75) is 85.0 Å². The molecule has 7 heteroatoms. The second-order valence-corrected chi connectivity index (χ2v) is 9.82. The number of benzene rings is 1. The summed E-state index contributed by atoms with van der Waals surface area (Å²) < 4.78 is 5.22. The third-order valence-electron chi connectivity index (χ3n) is 4.55. The average Bonchev–Trinajstić information content (AvgIpc) is 2.67. The number of nitrogens with zero attached hydrogens (tertiary/aromatic N) is 1. The quantitative estimate of drug-likeness (QED) is 0.628. The van der Waals surface area contributed by atoms with Crippen LogP contribution < -0.4 is 10.6 Å². The van der Waals surface area contributed by atoms with Crippen molar-refractivity contribution in [2.24, 2.45) is 0 Å². The molecule has 0 heterocycles. The highest BCUT2D eigenvalue weighted by molar-refractivity contribution is 5.91. The molecule has 0 aliphatic heterocycles. The number of hydrogen-bond donors (Lipinski definition) is 2. The van der Waals surface area contributed by atoms with Crippen LogP contribution in [0.2, 0.25) is 0 Å². The molecular formula is C25H37N3O4. The number of ether oxygens (including phenoxy) is 1. The molecule has 0 fully saturated rings. The number of rotatable bonds is 7. The normalized spacial score (nSPS) is 13.3. The van der Waals surface area contributed by atoms with Crippen LogP contribution in [0.4, 0.5) is 4.79 Å². The fraction of sp³-hybridized carbons (Fsp3) is 0.560. The van der Waals surface area contributed by atoms with E-state index in [4.69, 9.17) is 11.2 Å². The lowest BCUT2D eigenvalue weighted by Crippen LogP contribution is -2.53. The van der Waals surface area contributed by atoms with Crippen molar-refractivity contribution < 1.29 is 19.1 Å². The van der Waals surface area contributed by atoms with Crippen molar-refractivity contribution in [3.8, 4) is 12.3 Å². The molecule has 176 valence electrons. The molecule has 1 aromatic rings. The molecule has 0 bridgehead atoms. The first-order valence-corrected chi connectivity index (χ1v) is 10.8. The van der Waals surface area contributed by atoms with Gasteiger partial charge in [-0.25, -0.2) is 4.79 Å². The Hall–Kier alpha value is -3.01. The molecule has 2 atom stereocenters. The van der Waals surface area contributed by atoms with Crippen LogP contribution in [-0.4, -0.2) is 46.5 Å². The Labute approximate surface area is 192 Å². The summed E-state index contributed by atoms with van der Waals surface area (Å²) in [7, 11) is 0. The second kappa shape index (κ2) is 11.0. The lowest BCUT2D eigenvalue weighted by atomic mass is 9.98. The molecule has 2 N–H and O–H groups in total. The highest BCUT2D eigenvalue weighted by atomic mass is 16.6. The van der Waals surface area contributed by atoms with E-state index in [-0.39, 0.29) is 24.4 Å². The van der Waals surface area contributed by atoms with Gasteiger partial charge in [-0.15, -0.1) is 6.42 Å². The van der Waals surface area contributed by atoms with E-state index in [0.29, 0.717) is 17.5 Å². The molecule has 0 saturated heterocycles. The fourth-order valence-corrected chi connectivity index (χ4v) is 3.03. The first-order chi connectivity index (χ1) is 14.7. The highest BCUT2D eigenvalue weighted by Crippen LogP contribution is 2.26. The number of carbonyl (C=O) groups excluding carboxylic acids is 3. The summed E-state index contributed by atoms with van der Waals surface area (Å²) in [6.07, 6.45) is 5.40. The molecule has 0 aliphatic rings.